The molecule has 6 heteroatoms. The highest BCUT2D eigenvalue weighted by Gasteiger charge is 2.25. The SMILES string of the molecule is C#CCNC(=NCC(c1ccco1)N1CCCC1)NCC.I. The minimum absolute atomic E-state index is 0. The summed E-state index contributed by atoms with van der Waals surface area (Å²) < 4.78 is 5.60. The predicted molar refractivity (Wildman–Crippen MR) is 100 cm³/mol. The van der Waals surface area contributed by atoms with Gasteiger partial charge in [-0.3, -0.25) is 9.89 Å². The zero-order valence-electron chi connectivity index (χ0n) is 13.0. The molecule has 2 rings (SSSR count). The van der Waals surface area contributed by atoms with Gasteiger partial charge in [0, 0.05) is 6.54 Å². The molecule has 1 aromatic heterocycles. The molecule has 0 amide bonds. The number of guanidine groups is 1. The van der Waals surface area contributed by atoms with Crippen molar-refractivity contribution in [1.82, 2.24) is 15.5 Å². The molecular formula is C16H25IN4O. The summed E-state index contributed by atoms with van der Waals surface area (Å²) in [5, 5.41) is 6.32. The van der Waals surface area contributed by atoms with E-state index in [-0.39, 0.29) is 30.0 Å². The molecule has 122 valence electrons. The van der Waals surface area contributed by atoms with E-state index in [1.807, 2.05) is 19.1 Å². The Balaban J connectivity index is 0.00000242. The molecule has 5 nitrogen and oxygen atoms in total. The minimum atomic E-state index is 0. The number of furan rings is 1. The first-order valence-corrected chi connectivity index (χ1v) is 7.58. The van der Waals surface area contributed by atoms with Crippen molar-refractivity contribution in [2.75, 3.05) is 32.7 Å². The van der Waals surface area contributed by atoms with E-state index in [0.29, 0.717) is 13.1 Å². The molecule has 2 N–H and O–H groups in total. The predicted octanol–water partition coefficient (Wildman–Crippen LogP) is 2.22. The highest BCUT2D eigenvalue weighted by atomic mass is 127. The van der Waals surface area contributed by atoms with Crippen molar-refractivity contribution in [1.29, 1.82) is 0 Å². The lowest BCUT2D eigenvalue weighted by atomic mass is 10.2. The number of nitrogens with zero attached hydrogens (tertiary/aromatic N) is 2. The molecule has 1 fully saturated rings. The maximum atomic E-state index is 5.60. The molecule has 1 saturated heterocycles. The van der Waals surface area contributed by atoms with E-state index in [4.69, 9.17) is 10.8 Å². The highest BCUT2D eigenvalue weighted by Crippen LogP contribution is 2.25. The van der Waals surface area contributed by atoms with E-state index < -0.39 is 0 Å². The lowest BCUT2D eigenvalue weighted by molar-refractivity contribution is 0.221. The van der Waals surface area contributed by atoms with Crippen LogP contribution in [0.3, 0.4) is 0 Å². The van der Waals surface area contributed by atoms with E-state index in [0.717, 1.165) is 31.4 Å². The van der Waals surface area contributed by atoms with Crippen molar-refractivity contribution in [2.24, 2.45) is 4.99 Å². The normalized spacial score (nSPS) is 16.6. The second kappa shape index (κ2) is 10.5. The average Bonchev–Trinajstić information content (AvgIpc) is 3.18. The Morgan fingerprint density at radius 3 is 2.82 bits per heavy atom. The van der Waals surface area contributed by atoms with Crippen LogP contribution in [0, 0.1) is 12.3 Å². The zero-order valence-corrected chi connectivity index (χ0v) is 15.4. The van der Waals surface area contributed by atoms with Gasteiger partial charge in [0.2, 0.25) is 0 Å². The molecule has 0 saturated carbocycles. The molecule has 0 radical (unpaired) electrons. The number of hydrogen-bond donors (Lipinski definition) is 2. The number of likely N-dealkylation sites (tertiary alicyclic amines) is 1. The zero-order chi connectivity index (χ0) is 14.9. The third-order valence-electron chi connectivity index (χ3n) is 3.58. The topological polar surface area (TPSA) is 52.8 Å². The summed E-state index contributed by atoms with van der Waals surface area (Å²) in [4.78, 5) is 7.09. The van der Waals surface area contributed by atoms with Crippen LogP contribution in [0.4, 0.5) is 0 Å². The first-order valence-electron chi connectivity index (χ1n) is 7.58. The molecule has 1 unspecified atom stereocenters. The summed E-state index contributed by atoms with van der Waals surface area (Å²) in [6, 6.07) is 4.16. The number of rotatable bonds is 6. The average molecular weight is 416 g/mol. The molecule has 1 aliphatic rings. The maximum Gasteiger partial charge on any atom is 0.192 e. The Kier molecular flexibility index (Phi) is 9.01. The highest BCUT2D eigenvalue weighted by molar-refractivity contribution is 14.0. The molecule has 0 aromatic carbocycles. The molecule has 0 aliphatic carbocycles. The Morgan fingerprint density at radius 2 is 2.23 bits per heavy atom. The minimum Gasteiger partial charge on any atom is -0.468 e. The van der Waals surface area contributed by atoms with Gasteiger partial charge in [0.25, 0.3) is 0 Å². The monoisotopic (exact) mass is 416 g/mol. The van der Waals surface area contributed by atoms with Crippen molar-refractivity contribution in [3.8, 4) is 12.3 Å². The smallest absolute Gasteiger partial charge is 0.192 e. The van der Waals surface area contributed by atoms with Gasteiger partial charge in [-0.15, -0.1) is 30.4 Å². The summed E-state index contributed by atoms with van der Waals surface area (Å²) in [5.74, 6) is 4.30. The van der Waals surface area contributed by atoms with Crippen LogP contribution in [0.2, 0.25) is 0 Å². The lowest BCUT2D eigenvalue weighted by Crippen LogP contribution is -2.38. The number of terminal acetylenes is 1. The molecule has 1 atom stereocenters. The molecular weight excluding hydrogens is 391 g/mol. The Labute approximate surface area is 149 Å². The largest absolute Gasteiger partial charge is 0.468 e. The van der Waals surface area contributed by atoms with Crippen molar-refractivity contribution in [3.63, 3.8) is 0 Å². The number of nitrogens with one attached hydrogen (secondary N) is 2. The van der Waals surface area contributed by atoms with Gasteiger partial charge in [0.05, 0.1) is 25.4 Å². The van der Waals surface area contributed by atoms with E-state index in [2.05, 4.69) is 26.4 Å². The molecule has 1 aliphatic heterocycles. The van der Waals surface area contributed by atoms with Gasteiger partial charge in [-0.05, 0) is 45.0 Å². The molecule has 2 heterocycles. The summed E-state index contributed by atoms with van der Waals surface area (Å²) in [6.45, 7) is 6.20. The van der Waals surface area contributed by atoms with Crippen LogP contribution in [0.5, 0.6) is 0 Å². The molecule has 22 heavy (non-hydrogen) atoms. The Hall–Kier alpha value is -1.20. The summed E-state index contributed by atoms with van der Waals surface area (Å²) in [5.41, 5.74) is 0. The van der Waals surface area contributed by atoms with Crippen LogP contribution in [0.1, 0.15) is 31.6 Å². The van der Waals surface area contributed by atoms with Crippen LogP contribution in [-0.4, -0.2) is 43.6 Å². The van der Waals surface area contributed by atoms with Gasteiger partial charge >= 0.3 is 0 Å². The summed E-state index contributed by atoms with van der Waals surface area (Å²) in [6.07, 6.45) is 9.51. The summed E-state index contributed by atoms with van der Waals surface area (Å²) in [7, 11) is 0. The van der Waals surface area contributed by atoms with Gasteiger partial charge in [0.15, 0.2) is 5.96 Å². The Morgan fingerprint density at radius 1 is 1.45 bits per heavy atom. The summed E-state index contributed by atoms with van der Waals surface area (Å²) >= 11 is 0. The maximum absolute atomic E-state index is 5.60. The fourth-order valence-electron chi connectivity index (χ4n) is 2.57. The molecule has 0 spiro atoms. The molecule has 0 bridgehead atoms. The van der Waals surface area contributed by atoms with Crippen molar-refractivity contribution in [2.45, 2.75) is 25.8 Å². The second-order valence-corrected chi connectivity index (χ2v) is 5.05. The van der Waals surface area contributed by atoms with Gasteiger partial charge in [0.1, 0.15) is 5.76 Å². The van der Waals surface area contributed by atoms with E-state index in [1.54, 1.807) is 6.26 Å². The Bertz CT molecular complexity index is 475. The first kappa shape index (κ1) is 18.8. The van der Waals surface area contributed by atoms with Gasteiger partial charge in [-0.1, -0.05) is 5.92 Å². The van der Waals surface area contributed by atoms with Gasteiger partial charge in [-0.25, -0.2) is 0 Å². The van der Waals surface area contributed by atoms with Crippen molar-refractivity contribution >= 4 is 29.9 Å². The van der Waals surface area contributed by atoms with E-state index in [9.17, 15) is 0 Å². The van der Waals surface area contributed by atoms with E-state index >= 15 is 0 Å². The van der Waals surface area contributed by atoms with Crippen LogP contribution in [-0.2, 0) is 0 Å². The third-order valence-corrected chi connectivity index (χ3v) is 3.58. The fourth-order valence-corrected chi connectivity index (χ4v) is 2.57. The van der Waals surface area contributed by atoms with Crippen LogP contribution >= 0.6 is 24.0 Å². The first-order chi connectivity index (χ1) is 10.3. The van der Waals surface area contributed by atoms with Gasteiger partial charge in [-0.2, -0.15) is 0 Å². The van der Waals surface area contributed by atoms with Crippen LogP contribution in [0.25, 0.3) is 0 Å². The lowest BCUT2D eigenvalue weighted by Gasteiger charge is -2.24. The number of halogens is 1. The van der Waals surface area contributed by atoms with Crippen molar-refractivity contribution in [3.05, 3.63) is 24.2 Å². The quantitative estimate of drug-likeness (QED) is 0.323. The third kappa shape index (κ3) is 5.54. The van der Waals surface area contributed by atoms with Gasteiger partial charge < -0.3 is 15.1 Å². The van der Waals surface area contributed by atoms with Crippen molar-refractivity contribution < 1.29 is 4.42 Å². The second-order valence-electron chi connectivity index (χ2n) is 5.05. The fraction of sp³-hybridized carbons (Fsp3) is 0.562. The standard InChI is InChI=1S/C16H24N4O.HI/c1-3-9-18-16(17-4-2)19-13-14(15-8-7-12-21-15)20-10-5-6-11-20;/h1,7-8,12,14H,4-6,9-11,13H2,2H3,(H2,17,18,19);1H. The number of hydrogen-bond acceptors (Lipinski definition) is 3. The van der Waals surface area contributed by atoms with Crippen LogP contribution in [0.15, 0.2) is 27.8 Å². The molecule has 1 aromatic rings. The van der Waals surface area contributed by atoms with E-state index in [1.165, 1.54) is 12.8 Å². The number of aliphatic imine (C=N–C) groups is 1. The van der Waals surface area contributed by atoms with Crippen LogP contribution < -0.4 is 10.6 Å².